The lowest BCUT2D eigenvalue weighted by atomic mass is 10.2. The van der Waals surface area contributed by atoms with Gasteiger partial charge in [0.2, 0.25) is 0 Å². The summed E-state index contributed by atoms with van der Waals surface area (Å²) in [5.41, 5.74) is -0.0459. The van der Waals surface area contributed by atoms with Crippen molar-refractivity contribution in [1.29, 1.82) is 0 Å². The molecule has 0 spiro atoms. The van der Waals surface area contributed by atoms with E-state index in [1.165, 1.54) is 0 Å². The van der Waals surface area contributed by atoms with Gasteiger partial charge in [0.1, 0.15) is 11.6 Å². The summed E-state index contributed by atoms with van der Waals surface area (Å²) in [7, 11) is 0. The van der Waals surface area contributed by atoms with Crippen molar-refractivity contribution < 1.29 is 18.0 Å². The fourth-order valence-corrected chi connectivity index (χ4v) is 1.88. The summed E-state index contributed by atoms with van der Waals surface area (Å²) in [6.07, 6.45) is 0. The van der Waals surface area contributed by atoms with Crippen molar-refractivity contribution in [3.05, 3.63) is 35.7 Å². The normalized spacial score (nSPS) is 19.6. The van der Waals surface area contributed by atoms with E-state index in [9.17, 15) is 8.78 Å². The van der Waals surface area contributed by atoms with Gasteiger partial charge in [-0.15, -0.1) is 0 Å². The lowest BCUT2D eigenvalue weighted by Gasteiger charge is -2.20. The third kappa shape index (κ3) is 2.47. The van der Waals surface area contributed by atoms with Gasteiger partial charge < -0.3 is 14.6 Å². The molecule has 3 rings (SSSR count). The molecule has 2 aromatic rings. The Morgan fingerprint density at radius 1 is 1.32 bits per heavy atom. The summed E-state index contributed by atoms with van der Waals surface area (Å²) < 4.78 is 36.9. The van der Waals surface area contributed by atoms with E-state index in [0.717, 1.165) is 18.2 Å². The highest BCUT2D eigenvalue weighted by Crippen LogP contribution is 2.23. The monoisotopic (exact) mass is 267 g/mol. The molecule has 1 aliphatic rings. The van der Waals surface area contributed by atoms with Gasteiger partial charge in [0.15, 0.2) is 5.82 Å². The minimum Gasteiger partial charge on any atom is -0.378 e. The van der Waals surface area contributed by atoms with Crippen molar-refractivity contribution in [3.8, 4) is 11.5 Å². The standard InChI is InChI=1S/C12H11F2N3O2/c13-7-1-2-9(14)8(5-7)12-16-11(17-19-12)10-6-18-4-3-15-10/h1-2,5,10,15H,3-4,6H2. The number of nitrogens with zero attached hydrogens (tertiary/aromatic N) is 2. The summed E-state index contributed by atoms with van der Waals surface area (Å²) >= 11 is 0. The van der Waals surface area contributed by atoms with Crippen molar-refractivity contribution >= 4 is 0 Å². The number of hydrogen-bond donors (Lipinski definition) is 1. The average molecular weight is 267 g/mol. The van der Waals surface area contributed by atoms with E-state index in [4.69, 9.17) is 9.26 Å². The molecule has 1 saturated heterocycles. The van der Waals surface area contributed by atoms with E-state index in [1.54, 1.807) is 0 Å². The number of halogens is 2. The maximum absolute atomic E-state index is 13.6. The van der Waals surface area contributed by atoms with Gasteiger partial charge in [-0.3, -0.25) is 0 Å². The van der Waals surface area contributed by atoms with Crippen molar-refractivity contribution in [2.75, 3.05) is 19.8 Å². The highest BCUT2D eigenvalue weighted by atomic mass is 19.1. The average Bonchev–Trinajstić information content (AvgIpc) is 2.92. The second kappa shape index (κ2) is 5.02. The molecular weight excluding hydrogens is 256 g/mol. The van der Waals surface area contributed by atoms with Gasteiger partial charge >= 0.3 is 0 Å². The molecule has 0 bridgehead atoms. The molecule has 0 radical (unpaired) electrons. The Morgan fingerprint density at radius 3 is 3.00 bits per heavy atom. The molecule has 7 heteroatoms. The minimum atomic E-state index is -0.607. The van der Waals surface area contributed by atoms with Crippen LogP contribution in [0.2, 0.25) is 0 Å². The topological polar surface area (TPSA) is 60.2 Å². The zero-order valence-corrected chi connectivity index (χ0v) is 9.90. The summed E-state index contributed by atoms with van der Waals surface area (Å²) in [6.45, 7) is 1.73. The van der Waals surface area contributed by atoms with Crippen molar-refractivity contribution in [2.24, 2.45) is 0 Å². The van der Waals surface area contributed by atoms with E-state index >= 15 is 0 Å². The molecule has 100 valence electrons. The lowest BCUT2D eigenvalue weighted by molar-refractivity contribution is 0.0734. The van der Waals surface area contributed by atoms with Crippen LogP contribution in [0.25, 0.3) is 11.5 Å². The smallest absolute Gasteiger partial charge is 0.261 e. The van der Waals surface area contributed by atoms with Crippen LogP contribution in [0.15, 0.2) is 22.7 Å². The Kier molecular flexibility index (Phi) is 3.22. The quantitative estimate of drug-likeness (QED) is 0.897. The van der Waals surface area contributed by atoms with Crippen LogP contribution in [0.1, 0.15) is 11.9 Å². The van der Waals surface area contributed by atoms with Gasteiger partial charge in [0.25, 0.3) is 5.89 Å². The molecule has 0 saturated carbocycles. The number of rotatable bonds is 2. The second-order valence-electron chi connectivity index (χ2n) is 4.16. The Bertz CT molecular complexity index is 582. The van der Waals surface area contributed by atoms with Crippen LogP contribution in [0, 0.1) is 11.6 Å². The summed E-state index contributed by atoms with van der Waals surface area (Å²) in [5, 5.41) is 6.92. The molecule has 5 nitrogen and oxygen atoms in total. The Balaban J connectivity index is 1.89. The maximum atomic E-state index is 13.6. The second-order valence-corrected chi connectivity index (χ2v) is 4.16. The molecule has 1 aromatic carbocycles. The lowest BCUT2D eigenvalue weighted by Crippen LogP contribution is -2.35. The van der Waals surface area contributed by atoms with Gasteiger partial charge in [-0.05, 0) is 18.2 Å². The molecule has 1 atom stereocenters. The predicted octanol–water partition coefficient (Wildman–Crippen LogP) is 1.68. The molecule has 1 aromatic heterocycles. The van der Waals surface area contributed by atoms with Crippen LogP contribution in [0.3, 0.4) is 0 Å². The van der Waals surface area contributed by atoms with E-state index < -0.39 is 11.6 Å². The molecule has 19 heavy (non-hydrogen) atoms. The van der Waals surface area contributed by atoms with Gasteiger partial charge in [-0.2, -0.15) is 4.98 Å². The Hall–Kier alpha value is -1.86. The Morgan fingerprint density at radius 2 is 2.21 bits per heavy atom. The van der Waals surface area contributed by atoms with E-state index in [-0.39, 0.29) is 17.5 Å². The van der Waals surface area contributed by atoms with Crippen LogP contribution in [0.4, 0.5) is 8.78 Å². The number of benzene rings is 1. The summed E-state index contributed by atoms with van der Waals surface area (Å²) in [5.74, 6) is -0.836. The molecular formula is C12H11F2N3O2. The number of ether oxygens (including phenoxy) is 1. The van der Waals surface area contributed by atoms with Gasteiger partial charge in [0.05, 0.1) is 24.8 Å². The first-order valence-corrected chi connectivity index (χ1v) is 5.84. The maximum Gasteiger partial charge on any atom is 0.261 e. The van der Waals surface area contributed by atoms with Crippen molar-refractivity contribution in [3.63, 3.8) is 0 Å². The predicted molar refractivity (Wildman–Crippen MR) is 61.2 cm³/mol. The highest BCUT2D eigenvalue weighted by Gasteiger charge is 2.22. The van der Waals surface area contributed by atoms with Crippen LogP contribution >= 0.6 is 0 Å². The molecule has 1 fully saturated rings. The summed E-state index contributed by atoms with van der Waals surface area (Å²) in [6, 6.07) is 2.89. The van der Waals surface area contributed by atoms with Gasteiger partial charge in [0, 0.05) is 6.54 Å². The molecule has 0 amide bonds. The van der Waals surface area contributed by atoms with Gasteiger partial charge in [-0.1, -0.05) is 5.16 Å². The van der Waals surface area contributed by atoms with Crippen LogP contribution in [0.5, 0.6) is 0 Å². The summed E-state index contributed by atoms with van der Waals surface area (Å²) in [4.78, 5) is 4.08. The molecule has 1 unspecified atom stereocenters. The molecule has 1 N–H and O–H groups in total. The molecule has 0 aliphatic carbocycles. The van der Waals surface area contributed by atoms with Crippen molar-refractivity contribution in [1.82, 2.24) is 15.5 Å². The SMILES string of the molecule is Fc1ccc(F)c(-c2nc(C3COCCN3)no2)c1. The van der Waals surface area contributed by atoms with Crippen molar-refractivity contribution in [2.45, 2.75) is 6.04 Å². The third-order valence-corrected chi connectivity index (χ3v) is 2.83. The van der Waals surface area contributed by atoms with Crippen LogP contribution < -0.4 is 5.32 Å². The molecule has 1 aliphatic heterocycles. The first-order chi connectivity index (χ1) is 9.24. The minimum absolute atomic E-state index is 0.0422. The zero-order valence-electron chi connectivity index (χ0n) is 9.90. The zero-order chi connectivity index (χ0) is 13.2. The van der Waals surface area contributed by atoms with E-state index in [0.29, 0.717) is 25.6 Å². The fourth-order valence-electron chi connectivity index (χ4n) is 1.88. The third-order valence-electron chi connectivity index (χ3n) is 2.83. The van der Waals surface area contributed by atoms with Crippen LogP contribution in [-0.2, 0) is 4.74 Å². The van der Waals surface area contributed by atoms with E-state index in [2.05, 4.69) is 15.5 Å². The highest BCUT2D eigenvalue weighted by molar-refractivity contribution is 5.53. The number of hydrogen-bond acceptors (Lipinski definition) is 5. The largest absolute Gasteiger partial charge is 0.378 e. The van der Waals surface area contributed by atoms with Crippen LogP contribution in [-0.4, -0.2) is 29.9 Å². The number of morpholine rings is 1. The number of nitrogens with one attached hydrogen (secondary N) is 1. The first kappa shape index (κ1) is 12.2. The Labute approximate surface area is 107 Å². The molecule has 2 heterocycles. The number of aromatic nitrogens is 2. The van der Waals surface area contributed by atoms with E-state index in [1.807, 2.05) is 0 Å². The fraction of sp³-hybridized carbons (Fsp3) is 0.333. The van der Waals surface area contributed by atoms with Gasteiger partial charge in [-0.25, -0.2) is 8.78 Å². The first-order valence-electron chi connectivity index (χ1n) is 5.84.